The van der Waals surface area contributed by atoms with E-state index in [1.54, 1.807) is 28.4 Å². The molecule has 34 heavy (non-hydrogen) atoms. The van der Waals surface area contributed by atoms with Crippen molar-refractivity contribution in [2.24, 2.45) is 5.92 Å². The Kier molecular flexibility index (Phi) is 8.31. The SMILES string of the molecule is COc1ccc(CC(CC(=O)OC(C)(C)C)[C@H]2NCCc3cc(OC)c(OC)cc32)cc1OC. The third kappa shape index (κ3) is 6.14. The molecule has 0 amide bonds. The van der Waals surface area contributed by atoms with Gasteiger partial charge in [-0.1, -0.05) is 6.07 Å². The molecular formula is C27H37NO6. The molecule has 1 aliphatic rings. The number of carbonyl (C=O) groups excluding carboxylic acids is 1. The Hall–Kier alpha value is -2.93. The molecule has 2 aromatic rings. The van der Waals surface area contributed by atoms with Crippen LogP contribution in [-0.4, -0.2) is 46.6 Å². The van der Waals surface area contributed by atoms with Gasteiger partial charge in [0.25, 0.3) is 0 Å². The maximum atomic E-state index is 12.9. The number of rotatable bonds is 9. The monoisotopic (exact) mass is 471 g/mol. The molecule has 186 valence electrons. The highest BCUT2D eigenvalue weighted by atomic mass is 16.6. The summed E-state index contributed by atoms with van der Waals surface area (Å²) in [7, 11) is 6.52. The molecule has 1 heterocycles. The van der Waals surface area contributed by atoms with Crippen molar-refractivity contribution >= 4 is 5.97 Å². The van der Waals surface area contributed by atoms with Gasteiger partial charge in [-0.3, -0.25) is 4.79 Å². The van der Waals surface area contributed by atoms with Crippen molar-refractivity contribution in [3.63, 3.8) is 0 Å². The van der Waals surface area contributed by atoms with Crippen LogP contribution in [0, 0.1) is 5.92 Å². The van der Waals surface area contributed by atoms with Crippen LogP contribution >= 0.6 is 0 Å². The fraction of sp³-hybridized carbons (Fsp3) is 0.519. The first-order valence-corrected chi connectivity index (χ1v) is 11.6. The van der Waals surface area contributed by atoms with Gasteiger partial charge in [-0.15, -0.1) is 0 Å². The van der Waals surface area contributed by atoms with Gasteiger partial charge in [0.2, 0.25) is 0 Å². The molecule has 2 aromatic carbocycles. The average Bonchev–Trinajstić information content (AvgIpc) is 2.80. The number of benzene rings is 2. The second-order valence-electron chi connectivity index (χ2n) is 9.53. The minimum atomic E-state index is -0.542. The average molecular weight is 472 g/mol. The number of ether oxygens (including phenoxy) is 5. The van der Waals surface area contributed by atoms with E-state index >= 15 is 0 Å². The molecule has 0 aliphatic carbocycles. The molecule has 1 unspecified atom stereocenters. The van der Waals surface area contributed by atoms with E-state index in [0.717, 1.165) is 24.1 Å². The van der Waals surface area contributed by atoms with Crippen LogP contribution in [0.5, 0.6) is 23.0 Å². The van der Waals surface area contributed by atoms with Gasteiger partial charge in [-0.25, -0.2) is 0 Å². The fourth-order valence-electron chi connectivity index (χ4n) is 4.55. The van der Waals surface area contributed by atoms with Crippen LogP contribution < -0.4 is 24.3 Å². The summed E-state index contributed by atoms with van der Waals surface area (Å²) in [5.74, 6) is 2.47. The second kappa shape index (κ2) is 11.0. The zero-order chi connectivity index (χ0) is 24.9. The van der Waals surface area contributed by atoms with Crippen LogP contribution in [0.2, 0.25) is 0 Å². The summed E-state index contributed by atoms with van der Waals surface area (Å²) in [6.45, 7) is 6.47. The van der Waals surface area contributed by atoms with Crippen LogP contribution in [0.3, 0.4) is 0 Å². The lowest BCUT2D eigenvalue weighted by atomic mass is 9.81. The van der Waals surface area contributed by atoms with Crippen molar-refractivity contribution in [1.29, 1.82) is 0 Å². The van der Waals surface area contributed by atoms with Crippen molar-refractivity contribution in [2.45, 2.75) is 51.7 Å². The van der Waals surface area contributed by atoms with E-state index < -0.39 is 5.60 Å². The summed E-state index contributed by atoms with van der Waals surface area (Å²) in [5, 5.41) is 3.64. The highest BCUT2D eigenvalue weighted by Crippen LogP contribution is 2.40. The Morgan fingerprint density at radius 2 is 1.56 bits per heavy atom. The molecule has 0 spiro atoms. The molecule has 0 radical (unpaired) electrons. The van der Waals surface area contributed by atoms with Gasteiger partial charge >= 0.3 is 5.97 Å². The number of hydrogen-bond acceptors (Lipinski definition) is 7. The molecule has 1 aliphatic heterocycles. The Balaban J connectivity index is 1.98. The van der Waals surface area contributed by atoms with Crippen molar-refractivity contribution in [1.82, 2.24) is 5.32 Å². The molecule has 0 bridgehead atoms. The topological polar surface area (TPSA) is 75.3 Å². The Bertz CT molecular complexity index is 997. The quantitative estimate of drug-likeness (QED) is 0.540. The maximum Gasteiger partial charge on any atom is 0.306 e. The summed E-state index contributed by atoms with van der Waals surface area (Å²) in [5.41, 5.74) is 2.83. The first-order chi connectivity index (χ1) is 16.2. The van der Waals surface area contributed by atoms with Gasteiger partial charge in [-0.2, -0.15) is 0 Å². The lowest BCUT2D eigenvalue weighted by Gasteiger charge is -2.34. The summed E-state index contributed by atoms with van der Waals surface area (Å²) >= 11 is 0. The van der Waals surface area contributed by atoms with Crippen molar-refractivity contribution < 1.29 is 28.5 Å². The molecule has 0 fully saturated rings. The van der Waals surface area contributed by atoms with Crippen molar-refractivity contribution in [3.8, 4) is 23.0 Å². The zero-order valence-corrected chi connectivity index (χ0v) is 21.3. The Morgan fingerprint density at radius 3 is 2.18 bits per heavy atom. The predicted octanol–water partition coefficient (Wildman–Crippen LogP) is 4.50. The molecule has 0 aromatic heterocycles. The molecule has 7 nitrogen and oxygen atoms in total. The molecule has 1 N–H and O–H groups in total. The molecule has 2 atom stereocenters. The summed E-state index contributed by atoms with van der Waals surface area (Å²) in [6.07, 6.45) is 1.81. The first-order valence-electron chi connectivity index (χ1n) is 11.6. The Labute approximate surface area is 202 Å². The first kappa shape index (κ1) is 25.7. The number of esters is 1. The normalized spacial score (nSPS) is 16.3. The van der Waals surface area contributed by atoms with Crippen molar-refractivity contribution in [2.75, 3.05) is 35.0 Å². The largest absolute Gasteiger partial charge is 0.493 e. The van der Waals surface area contributed by atoms with Crippen LogP contribution in [0.1, 0.15) is 49.9 Å². The molecule has 3 rings (SSSR count). The standard InChI is InChI=1S/C27H37NO6/c1-27(2,3)34-25(29)15-19(12-17-8-9-21(30-4)22(13-17)31-5)26-20-16-24(33-7)23(32-6)14-18(20)10-11-28-26/h8-9,13-14,16,19,26,28H,10-12,15H2,1-7H3/t19?,26-/m1/s1. The van der Waals surface area contributed by atoms with E-state index in [-0.39, 0.29) is 24.3 Å². The predicted molar refractivity (Wildman–Crippen MR) is 131 cm³/mol. The second-order valence-corrected chi connectivity index (χ2v) is 9.53. The van der Waals surface area contributed by atoms with Gasteiger partial charge in [0.15, 0.2) is 23.0 Å². The van der Waals surface area contributed by atoms with E-state index in [1.165, 1.54) is 5.56 Å². The molecule has 0 saturated carbocycles. The highest BCUT2D eigenvalue weighted by Gasteiger charge is 2.32. The minimum Gasteiger partial charge on any atom is -0.493 e. The van der Waals surface area contributed by atoms with Gasteiger partial charge in [0, 0.05) is 6.04 Å². The maximum absolute atomic E-state index is 12.9. The minimum absolute atomic E-state index is 0.0508. The lowest BCUT2D eigenvalue weighted by Crippen LogP contribution is -2.37. The smallest absolute Gasteiger partial charge is 0.306 e. The lowest BCUT2D eigenvalue weighted by molar-refractivity contribution is -0.156. The summed E-state index contributed by atoms with van der Waals surface area (Å²) in [4.78, 5) is 12.9. The molecule has 0 saturated heterocycles. The van der Waals surface area contributed by atoms with Gasteiger partial charge in [-0.05, 0) is 87.0 Å². The third-order valence-corrected chi connectivity index (χ3v) is 6.01. The zero-order valence-electron chi connectivity index (χ0n) is 21.3. The van der Waals surface area contributed by atoms with E-state index in [2.05, 4.69) is 5.32 Å². The third-order valence-electron chi connectivity index (χ3n) is 6.01. The van der Waals surface area contributed by atoms with Crippen LogP contribution in [0.4, 0.5) is 0 Å². The van der Waals surface area contributed by atoms with Crippen LogP contribution in [0.25, 0.3) is 0 Å². The summed E-state index contributed by atoms with van der Waals surface area (Å²) in [6, 6.07) is 9.91. The van der Waals surface area contributed by atoms with Gasteiger partial charge < -0.3 is 29.0 Å². The molecular weight excluding hydrogens is 434 g/mol. The van der Waals surface area contributed by atoms with Crippen LogP contribution in [0.15, 0.2) is 30.3 Å². The van der Waals surface area contributed by atoms with E-state index in [1.807, 2.05) is 51.1 Å². The number of hydrogen-bond donors (Lipinski definition) is 1. The van der Waals surface area contributed by atoms with E-state index in [9.17, 15) is 4.79 Å². The number of fused-ring (bicyclic) bond motifs is 1. The van der Waals surface area contributed by atoms with Crippen molar-refractivity contribution in [3.05, 3.63) is 47.0 Å². The molecule has 7 heteroatoms. The van der Waals surface area contributed by atoms with Gasteiger partial charge in [0.05, 0.1) is 34.9 Å². The number of carbonyl (C=O) groups is 1. The van der Waals surface area contributed by atoms with Crippen LogP contribution in [-0.2, 0) is 22.4 Å². The number of nitrogens with one attached hydrogen (secondary N) is 1. The van der Waals surface area contributed by atoms with E-state index in [4.69, 9.17) is 23.7 Å². The number of methoxy groups -OCH3 is 4. The Morgan fingerprint density at radius 1 is 0.941 bits per heavy atom. The fourth-order valence-corrected chi connectivity index (χ4v) is 4.55. The van der Waals surface area contributed by atoms with E-state index in [0.29, 0.717) is 29.4 Å². The van der Waals surface area contributed by atoms with Gasteiger partial charge in [0.1, 0.15) is 5.60 Å². The summed E-state index contributed by atoms with van der Waals surface area (Å²) < 4.78 is 27.7. The highest BCUT2D eigenvalue weighted by molar-refractivity contribution is 5.70.